The minimum Gasteiger partial charge on any atom is -0.354 e. The largest absolute Gasteiger partial charge is 0.354 e. The van der Waals surface area contributed by atoms with Gasteiger partial charge in [-0.05, 0) is 37.8 Å². The maximum Gasteiger partial charge on any atom is 0.252 e. The van der Waals surface area contributed by atoms with Crippen LogP contribution in [0.2, 0.25) is 0 Å². The second-order valence-corrected chi connectivity index (χ2v) is 4.63. The maximum atomic E-state index is 12.1. The lowest BCUT2D eigenvalue weighted by molar-refractivity contribution is -0.122. The smallest absolute Gasteiger partial charge is 0.252 e. The first-order valence-electron chi connectivity index (χ1n) is 6.32. The first-order valence-corrected chi connectivity index (χ1v) is 6.32. The fourth-order valence-corrected chi connectivity index (χ4v) is 2.14. The molecule has 18 heavy (non-hydrogen) atoms. The van der Waals surface area contributed by atoms with Crippen molar-refractivity contribution in [3.63, 3.8) is 0 Å². The molecule has 2 rings (SSSR count). The number of aryl methyl sites for hydroxylation is 1. The number of rotatable bonds is 2. The van der Waals surface area contributed by atoms with Crippen LogP contribution in [0.3, 0.4) is 0 Å². The zero-order valence-corrected chi connectivity index (χ0v) is 10.5. The van der Waals surface area contributed by atoms with Crippen molar-refractivity contribution in [1.82, 2.24) is 10.6 Å². The fourth-order valence-electron chi connectivity index (χ4n) is 2.14. The summed E-state index contributed by atoms with van der Waals surface area (Å²) in [6, 6.07) is 6.99. The van der Waals surface area contributed by atoms with Gasteiger partial charge < -0.3 is 10.6 Å². The average Bonchev–Trinajstić information content (AvgIpc) is 2.55. The Kier molecular flexibility index (Phi) is 3.97. The lowest BCUT2D eigenvalue weighted by Gasteiger charge is -2.15. The van der Waals surface area contributed by atoms with E-state index in [2.05, 4.69) is 10.6 Å². The highest BCUT2D eigenvalue weighted by Gasteiger charge is 2.23. The van der Waals surface area contributed by atoms with Gasteiger partial charge in [0.15, 0.2) is 0 Å². The zero-order valence-electron chi connectivity index (χ0n) is 10.5. The van der Waals surface area contributed by atoms with E-state index in [1.165, 1.54) is 0 Å². The van der Waals surface area contributed by atoms with E-state index >= 15 is 0 Å². The molecule has 1 aromatic rings. The van der Waals surface area contributed by atoms with Crippen molar-refractivity contribution in [2.24, 2.45) is 0 Å². The summed E-state index contributed by atoms with van der Waals surface area (Å²) in [5.74, 6) is -0.246. The highest BCUT2D eigenvalue weighted by atomic mass is 16.2. The van der Waals surface area contributed by atoms with Crippen molar-refractivity contribution < 1.29 is 9.59 Å². The molecule has 0 radical (unpaired) electrons. The van der Waals surface area contributed by atoms with Gasteiger partial charge in [-0.15, -0.1) is 0 Å². The van der Waals surface area contributed by atoms with Gasteiger partial charge in [0.05, 0.1) is 0 Å². The van der Waals surface area contributed by atoms with Crippen LogP contribution in [-0.4, -0.2) is 24.4 Å². The molecule has 1 fully saturated rings. The summed E-state index contributed by atoms with van der Waals surface area (Å²) < 4.78 is 0. The van der Waals surface area contributed by atoms with E-state index in [0.717, 1.165) is 18.4 Å². The van der Waals surface area contributed by atoms with Gasteiger partial charge in [0, 0.05) is 12.1 Å². The van der Waals surface area contributed by atoms with Crippen molar-refractivity contribution in [1.29, 1.82) is 0 Å². The molecule has 96 valence electrons. The molecule has 4 nitrogen and oxygen atoms in total. The molecule has 1 aromatic carbocycles. The van der Waals surface area contributed by atoms with Crippen molar-refractivity contribution in [2.45, 2.75) is 32.2 Å². The zero-order chi connectivity index (χ0) is 13.0. The second-order valence-electron chi connectivity index (χ2n) is 4.63. The van der Waals surface area contributed by atoms with Crippen molar-refractivity contribution in [3.05, 3.63) is 35.4 Å². The van der Waals surface area contributed by atoms with Gasteiger partial charge in [0.1, 0.15) is 6.04 Å². The molecule has 1 heterocycles. The normalized spacial score (nSPS) is 19.8. The molecule has 1 atom stereocenters. The predicted octanol–water partition coefficient (Wildman–Crippen LogP) is 1.39. The van der Waals surface area contributed by atoms with Crippen LogP contribution in [-0.2, 0) is 4.79 Å². The predicted molar refractivity (Wildman–Crippen MR) is 69.3 cm³/mol. The third kappa shape index (κ3) is 2.88. The Bertz CT molecular complexity index is 457. The van der Waals surface area contributed by atoms with Crippen LogP contribution in [0.1, 0.15) is 35.2 Å². The summed E-state index contributed by atoms with van der Waals surface area (Å²) in [5, 5.41) is 5.63. The first kappa shape index (κ1) is 12.6. The summed E-state index contributed by atoms with van der Waals surface area (Å²) in [7, 11) is 0. The molecule has 1 saturated heterocycles. The van der Waals surface area contributed by atoms with Crippen molar-refractivity contribution in [2.75, 3.05) is 6.54 Å². The Balaban J connectivity index is 2.06. The molecule has 1 unspecified atom stereocenters. The summed E-state index contributed by atoms with van der Waals surface area (Å²) in [5.41, 5.74) is 1.55. The molecule has 1 aliphatic rings. The molecule has 1 aliphatic heterocycles. The number of amides is 2. The Morgan fingerprint density at radius 1 is 1.33 bits per heavy atom. The number of hydrogen-bond acceptors (Lipinski definition) is 2. The monoisotopic (exact) mass is 246 g/mol. The van der Waals surface area contributed by atoms with Crippen LogP contribution >= 0.6 is 0 Å². The highest BCUT2D eigenvalue weighted by molar-refractivity contribution is 5.98. The minimum absolute atomic E-state index is 0.0746. The summed E-state index contributed by atoms with van der Waals surface area (Å²) >= 11 is 0. The van der Waals surface area contributed by atoms with Gasteiger partial charge in [0.25, 0.3) is 5.91 Å². The molecule has 2 amide bonds. The Hall–Kier alpha value is -1.84. The van der Waals surface area contributed by atoms with Crippen LogP contribution in [0.15, 0.2) is 24.3 Å². The van der Waals surface area contributed by atoms with E-state index in [9.17, 15) is 9.59 Å². The maximum absolute atomic E-state index is 12.1. The SMILES string of the molecule is Cc1ccccc1C(=O)NC1CCCCNC1=O. The molecular formula is C14H18N2O2. The lowest BCUT2D eigenvalue weighted by Crippen LogP contribution is -2.45. The minimum atomic E-state index is -0.403. The Labute approximate surface area is 107 Å². The average molecular weight is 246 g/mol. The summed E-state index contributed by atoms with van der Waals surface area (Å²) in [6.45, 7) is 2.59. The van der Waals surface area contributed by atoms with Crippen LogP contribution < -0.4 is 10.6 Å². The van der Waals surface area contributed by atoms with E-state index in [1.807, 2.05) is 25.1 Å². The van der Waals surface area contributed by atoms with Gasteiger partial charge >= 0.3 is 0 Å². The van der Waals surface area contributed by atoms with Crippen LogP contribution in [0, 0.1) is 6.92 Å². The Morgan fingerprint density at radius 3 is 2.89 bits per heavy atom. The van der Waals surface area contributed by atoms with Gasteiger partial charge in [-0.25, -0.2) is 0 Å². The molecule has 0 spiro atoms. The van der Waals surface area contributed by atoms with E-state index < -0.39 is 6.04 Å². The topological polar surface area (TPSA) is 58.2 Å². The number of carbonyl (C=O) groups is 2. The second kappa shape index (κ2) is 5.67. The molecule has 4 heteroatoms. The number of hydrogen-bond donors (Lipinski definition) is 2. The van der Waals surface area contributed by atoms with E-state index in [-0.39, 0.29) is 11.8 Å². The summed E-state index contributed by atoms with van der Waals surface area (Å²) in [6.07, 6.45) is 2.64. The third-order valence-electron chi connectivity index (χ3n) is 3.23. The van der Waals surface area contributed by atoms with Crippen molar-refractivity contribution in [3.8, 4) is 0 Å². The fraction of sp³-hybridized carbons (Fsp3) is 0.429. The number of nitrogens with one attached hydrogen (secondary N) is 2. The third-order valence-corrected chi connectivity index (χ3v) is 3.23. The summed E-state index contributed by atoms with van der Waals surface area (Å²) in [4.78, 5) is 23.8. The Morgan fingerprint density at radius 2 is 2.11 bits per heavy atom. The quantitative estimate of drug-likeness (QED) is 0.828. The van der Waals surface area contributed by atoms with E-state index in [1.54, 1.807) is 6.07 Å². The van der Waals surface area contributed by atoms with Gasteiger partial charge in [0.2, 0.25) is 5.91 Å². The first-order chi connectivity index (χ1) is 8.68. The standard InChI is InChI=1S/C14H18N2O2/c1-10-6-2-3-7-11(10)13(17)16-12-8-4-5-9-15-14(12)18/h2-3,6-7,12H,4-5,8-9H2,1H3,(H,15,18)(H,16,17). The molecule has 0 bridgehead atoms. The highest BCUT2D eigenvalue weighted by Crippen LogP contribution is 2.10. The van der Waals surface area contributed by atoms with Crippen LogP contribution in [0.25, 0.3) is 0 Å². The van der Waals surface area contributed by atoms with Crippen LogP contribution in [0.5, 0.6) is 0 Å². The molecule has 2 N–H and O–H groups in total. The number of carbonyl (C=O) groups excluding carboxylic acids is 2. The lowest BCUT2D eigenvalue weighted by atomic mass is 10.1. The number of benzene rings is 1. The molecule has 0 saturated carbocycles. The van der Waals surface area contributed by atoms with Gasteiger partial charge in [-0.3, -0.25) is 9.59 Å². The van der Waals surface area contributed by atoms with Gasteiger partial charge in [-0.2, -0.15) is 0 Å². The van der Waals surface area contributed by atoms with Crippen LogP contribution in [0.4, 0.5) is 0 Å². The molecule has 0 aromatic heterocycles. The van der Waals surface area contributed by atoms with Gasteiger partial charge in [-0.1, -0.05) is 18.2 Å². The molecular weight excluding hydrogens is 228 g/mol. The van der Waals surface area contributed by atoms with Crippen molar-refractivity contribution >= 4 is 11.8 Å². The van der Waals surface area contributed by atoms with E-state index in [4.69, 9.17) is 0 Å². The van der Waals surface area contributed by atoms with E-state index in [0.29, 0.717) is 18.5 Å². The molecule has 0 aliphatic carbocycles.